The van der Waals surface area contributed by atoms with E-state index in [9.17, 15) is 4.79 Å². The summed E-state index contributed by atoms with van der Waals surface area (Å²) in [7, 11) is 3.50. The molecule has 72 valence electrons. The van der Waals surface area contributed by atoms with Gasteiger partial charge in [-0.15, -0.1) is 0 Å². The average molecular weight is 188 g/mol. The highest BCUT2D eigenvalue weighted by Gasteiger charge is 2.52. The molecule has 1 aliphatic carbocycles. The number of hydrogen-bond acceptors (Lipinski definition) is 2. The highest BCUT2D eigenvalue weighted by molar-refractivity contribution is 6.32. The van der Waals surface area contributed by atoms with Crippen LogP contribution in [0.1, 0.15) is 18.4 Å². The van der Waals surface area contributed by atoms with Crippen molar-refractivity contribution >= 4 is 19.3 Å². The molecule has 0 saturated heterocycles. The van der Waals surface area contributed by atoms with Gasteiger partial charge in [0, 0.05) is 0 Å². The van der Waals surface area contributed by atoms with Gasteiger partial charge in [-0.1, -0.05) is 29.7 Å². The van der Waals surface area contributed by atoms with Crippen LogP contribution in [0, 0.1) is 0 Å². The smallest absolute Gasteiger partial charge is 0.316 e. The van der Waals surface area contributed by atoms with Crippen LogP contribution >= 0.6 is 0 Å². The molecular formula is C11H13BO2. The lowest BCUT2D eigenvalue weighted by Gasteiger charge is -2.12. The molecule has 1 saturated carbocycles. The third kappa shape index (κ3) is 1.33. The minimum Gasteiger partial charge on any atom is -0.468 e. The normalized spacial score (nSPS) is 17.5. The zero-order valence-corrected chi connectivity index (χ0v) is 8.54. The molecule has 0 aromatic heterocycles. The summed E-state index contributed by atoms with van der Waals surface area (Å²) in [5.41, 5.74) is 1.99. The molecule has 0 N–H and O–H groups in total. The van der Waals surface area contributed by atoms with E-state index < -0.39 is 0 Å². The van der Waals surface area contributed by atoms with E-state index in [-0.39, 0.29) is 11.4 Å². The molecule has 0 atom stereocenters. The van der Waals surface area contributed by atoms with Crippen LogP contribution < -0.4 is 5.46 Å². The molecule has 1 fully saturated rings. The number of ether oxygens (including phenoxy) is 1. The predicted molar refractivity (Wildman–Crippen MR) is 57.5 cm³/mol. The van der Waals surface area contributed by atoms with Gasteiger partial charge in [-0.05, 0) is 18.4 Å². The van der Waals surface area contributed by atoms with E-state index in [2.05, 4.69) is 0 Å². The second kappa shape index (κ2) is 3.16. The minimum absolute atomic E-state index is 0.0960. The number of carbonyl (C=O) groups is 1. The number of methoxy groups -OCH3 is 1. The fourth-order valence-corrected chi connectivity index (χ4v) is 1.80. The third-order valence-electron chi connectivity index (χ3n) is 2.93. The molecule has 2 nitrogen and oxygen atoms in total. The average Bonchev–Trinajstić information content (AvgIpc) is 2.99. The summed E-state index contributed by atoms with van der Waals surface area (Å²) in [5, 5.41) is 0. The Morgan fingerprint density at radius 2 is 1.93 bits per heavy atom. The first-order valence-electron chi connectivity index (χ1n) is 4.84. The van der Waals surface area contributed by atoms with E-state index >= 15 is 0 Å². The lowest BCUT2D eigenvalue weighted by molar-refractivity contribution is -0.143. The van der Waals surface area contributed by atoms with Crippen molar-refractivity contribution in [1.29, 1.82) is 0 Å². The first kappa shape index (κ1) is 9.32. The largest absolute Gasteiger partial charge is 0.468 e. The number of esters is 1. The number of hydrogen-bond donors (Lipinski definition) is 0. The Bertz CT molecular complexity index is 352. The van der Waals surface area contributed by atoms with Gasteiger partial charge >= 0.3 is 5.97 Å². The first-order valence-corrected chi connectivity index (χ1v) is 4.84. The molecule has 1 aliphatic rings. The van der Waals surface area contributed by atoms with Crippen LogP contribution in [-0.4, -0.2) is 20.9 Å². The van der Waals surface area contributed by atoms with E-state index in [1.165, 1.54) is 12.6 Å². The fraction of sp³-hybridized carbons (Fsp3) is 0.364. The zero-order valence-electron chi connectivity index (χ0n) is 8.54. The van der Waals surface area contributed by atoms with Crippen molar-refractivity contribution in [2.45, 2.75) is 18.3 Å². The molecule has 1 aromatic rings. The van der Waals surface area contributed by atoms with Crippen molar-refractivity contribution in [3.8, 4) is 0 Å². The SMILES string of the molecule is Bc1ccc(C2(C(=O)OC)CC2)cc1. The maximum absolute atomic E-state index is 11.6. The molecule has 3 heteroatoms. The van der Waals surface area contributed by atoms with Gasteiger partial charge in [0.25, 0.3) is 0 Å². The lowest BCUT2D eigenvalue weighted by Crippen LogP contribution is -2.22. The maximum atomic E-state index is 11.6. The van der Waals surface area contributed by atoms with Crippen molar-refractivity contribution in [2.75, 3.05) is 7.11 Å². The molecule has 2 rings (SSSR count). The monoisotopic (exact) mass is 188 g/mol. The Kier molecular flexibility index (Phi) is 2.10. The van der Waals surface area contributed by atoms with Crippen LogP contribution in [0.25, 0.3) is 0 Å². The van der Waals surface area contributed by atoms with E-state index in [0.717, 1.165) is 18.4 Å². The summed E-state index contributed by atoms with van der Waals surface area (Å²) < 4.78 is 4.82. The van der Waals surface area contributed by atoms with Crippen LogP contribution in [0.2, 0.25) is 0 Å². The highest BCUT2D eigenvalue weighted by atomic mass is 16.5. The van der Waals surface area contributed by atoms with Gasteiger partial charge in [0.05, 0.1) is 12.5 Å². The number of benzene rings is 1. The van der Waals surface area contributed by atoms with Gasteiger partial charge in [0.1, 0.15) is 7.85 Å². The van der Waals surface area contributed by atoms with Gasteiger partial charge in [-0.25, -0.2) is 0 Å². The summed E-state index contributed by atoms with van der Waals surface area (Å²) in [6, 6.07) is 8.13. The Balaban J connectivity index is 2.31. The molecule has 0 amide bonds. The predicted octanol–water partition coefficient (Wildman–Crippen LogP) is 0.150. The van der Waals surface area contributed by atoms with E-state index in [4.69, 9.17) is 4.74 Å². The number of rotatable bonds is 2. The summed E-state index contributed by atoms with van der Waals surface area (Å²) in [6.07, 6.45) is 1.84. The van der Waals surface area contributed by atoms with Crippen molar-refractivity contribution in [2.24, 2.45) is 0 Å². The quantitative estimate of drug-likeness (QED) is 0.487. The minimum atomic E-state index is -0.317. The Hall–Kier alpha value is -1.25. The van der Waals surface area contributed by atoms with Crippen LogP contribution in [0.15, 0.2) is 24.3 Å². The first-order chi connectivity index (χ1) is 6.69. The van der Waals surface area contributed by atoms with Gasteiger partial charge in [0.2, 0.25) is 0 Å². The number of carbonyl (C=O) groups excluding carboxylic acids is 1. The standard InChI is InChI=1S/C11H13BO2/c1-14-10(13)11(6-7-11)8-2-4-9(12)5-3-8/h2-5H,6-7,12H2,1H3. The van der Waals surface area contributed by atoms with Gasteiger partial charge in [-0.2, -0.15) is 0 Å². The van der Waals surface area contributed by atoms with Crippen molar-refractivity contribution in [3.05, 3.63) is 29.8 Å². The fourth-order valence-electron chi connectivity index (χ4n) is 1.80. The van der Waals surface area contributed by atoms with E-state index in [1.54, 1.807) is 0 Å². The summed E-state index contributed by atoms with van der Waals surface area (Å²) in [4.78, 5) is 11.6. The molecule has 14 heavy (non-hydrogen) atoms. The molecule has 0 aliphatic heterocycles. The van der Waals surface area contributed by atoms with Crippen molar-refractivity contribution in [1.82, 2.24) is 0 Å². The summed E-state index contributed by atoms with van der Waals surface area (Å²) in [5.74, 6) is -0.0960. The molecule has 0 bridgehead atoms. The second-order valence-corrected chi connectivity index (χ2v) is 3.94. The van der Waals surface area contributed by atoms with Crippen LogP contribution in [-0.2, 0) is 14.9 Å². The molecule has 0 heterocycles. The topological polar surface area (TPSA) is 26.3 Å². The molecular weight excluding hydrogens is 175 g/mol. The highest BCUT2D eigenvalue weighted by Crippen LogP contribution is 2.48. The molecule has 0 radical (unpaired) electrons. The summed E-state index contributed by atoms with van der Waals surface area (Å²) >= 11 is 0. The van der Waals surface area contributed by atoms with Crippen molar-refractivity contribution in [3.63, 3.8) is 0 Å². The molecule has 0 spiro atoms. The van der Waals surface area contributed by atoms with Crippen molar-refractivity contribution < 1.29 is 9.53 Å². The van der Waals surface area contributed by atoms with E-state index in [1.807, 2.05) is 32.1 Å². The molecule has 1 aromatic carbocycles. The summed E-state index contributed by atoms with van der Waals surface area (Å²) in [6.45, 7) is 0. The second-order valence-electron chi connectivity index (χ2n) is 3.94. The van der Waals surface area contributed by atoms with Gasteiger partial charge in [0.15, 0.2) is 0 Å². The lowest BCUT2D eigenvalue weighted by atomic mass is 9.90. The maximum Gasteiger partial charge on any atom is 0.316 e. The third-order valence-corrected chi connectivity index (χ3v) is 2.93. The Morgan fingerprint density at radius 1 is 1.36 bits per heavy atom. The zero-order chi connectivity index (χ0) is 10.2. The Morgan fingerprint density at radius 3 is 2.36 bits per heavy atom. The van der Waals surface area contributed by atoms with E-state index in [0.29, 0.717) is 0 Å². The molecule has 0 unspecified atom stereocenters. The van der Waals surface area contributed by atoms with Gasteiger partial charge < -0.3 is 4.74 Å². The van der Waals surface area contributed by atoms with Gasteiger partial charge in [-0.3, -0.25) is 4.79 Å². The van der Waals surface area contributed by atoms with Crippen LogP contribution in [0.3, 0.4) is 0 Å². The van der Waals surface area contributed by atoms with Crippen LogP contribution in [0.4, 0.5) is 0 Å². The Labute approximate surface area is 84.7 Å². The van der Waals surface area contributed by atoms with Crippen LogP contribution in [0.5, 0.6) is 0 Å².